The molecule has 0 unspecified atom stereocenters. The van der Waals surface area contributed by atoms with Crippen LogP contribution in [0.1, 0.15) is 40.9 Å². The van der Waals surface area contributed by atoms with Crippen molar-refractivity contribution in [3.05, 3.63) is 71.3 Å². The molecule has 0 aliphatic carbocycles. The van der Waals surface area contributed by atoms with Crippen LogP contribution in [0.4, 0.5) is 0 Å². The van der Waals surface area contributed by atoms with Gasteiger partial charge in [-0.1, -0.05) is 61.9 Å². The fourth-order valence-electron chi connectivity index (χ4n) is 3.35. The normalized spacial score (nSPS) is 10.9. The number of carboxylic acids is 1. The first-order valence-corrected chi connectivity index (χ1v) is 9.39. The van der Waals surface area contributed by atoms with Gasteiger partial charge >= 0.3 is 5.97 Å². The molecule has 8 nitrogen and oxygen atoms in total. The Hall–Kier alpha value is -3.81. The van der Waals surface area contributed by atoms with Gasteiger partial charge in [0.25, 0.3) is 0 Å². The summed E-state index contributed by atoms with van der Waals surface area (Å²) >= 11 is 0. The first kappa shape index (κ1) is 18.5. The molecule has 4 aromatic rings. The number of benzene rings is 2. The zero-order valence-corrected chi connectivity index (χ0v) is 15.9. The number of imidazole rings is 1. The Bertz CT molecular complexity index is 1120. The van der Waals surface area contributed by atoms with E-state index >= 15 is 0 Å². The first-order valence-electron chi connectivity index (χ1n) is 9.39. The molecule has 0 radical (unpaired) electrons. The summed E-state index contributed by atoms with van der Waals surface area (Å²) < 4.78 is 0. The summed E-state index contributed by atoms with van der Waals surface area (Å²) in [5, 5.41) is 23.5. The van der Waals surface area contributed by atoms with E-state index in [1.807, 2.05) is 48.5 Å². The average Bonchev–Trinajstić information content (AvgIpc) is 3.40. The summed E-state index contributed by atoms with van der Waals surface area (Å²) in [6.45, 7) is 2.05. The van der Waals surface area contributed by atoms with Crippen LogP contribution in [0.15, 0.2) is 48.5 Å². The molecule has 2 aromatic heterocycles. The Morgan fingerprint density at radius 1 is 1.07 bits per heavy atom. The third kappa shape index (κ3) is 3.91. The number of aromatic nitrogens is 6. The average molecular weight is 388 g/mol. The zero-order chi connectivity index (χ0) is 20.2. The predicted molar refractivity (Wildman–Crippen MR) is 107 cm³/mol. The Morgan fingerprint density at radius 3 is 2.48 bits per heavy atom. The van der Waals surface area contributed by atoms with E-state index in [4.69, 9.17) is 0 Å². The number of H-pyrrole nitrogens is 2. The number of nitrogens with one attached hydrogen (secondary N) is 2. The maximum atomic E-state index is 11.2. The van der Waals surface area contributed by atoms with E-state index in [0.29, 0.717) is 12.2 Å². The van der Waals surface area contributed by atoms with Crippen molar-refractivity contribution in [1.29, 1.82) is 0 Å². The minimum atomic E-state index is -1.04. The van der Waals surface area contributed by atoms with Gasteiger partial charge < -0.3 is 10.1 Å². The van der Waals surface area contributed by atoms with Gasteiger partial charge in [0.05, 0.1) is 5.69 Å². The second-order valence-corrected chi connectivity index (χ2v) is 6.72. The van der Waals surface area contributed by atoms with Crippen LogP contribution in [0.25, 0.3) is 22.5 Å². The van der Waals surface area contributed by atoms with Gasteiger partial charge in [0.1, 0.15) is 0 Å². The van der Waals surface area contributed by atoms with Gasteiger partial charge in [-0.15, -0.1) is 10.2 Å². The van der Waals surface area contributed by atoms with Gasteiger partial charge in [0.15, 0.2) is 0 Å². The summed E-state index contributed by atoms with van der Waals surface area (Å²) in [7, 11) is 0. The first-order chi connectivity index (χ1) is 14.2. The lowest BCUT2D eigenvalue weighted by molar-refractivity contribution is 0.0684. The minimum absolute atomic E-state index is 0.00545. The molecule has 2 aromatic carbocycles. The molecule has 0 aliphatic rings. The number of nitrogens with zero attached hydrogens (tertiary/aromatic N) is 4. The molecule has 0 spiro atoms. The smallest absolute Gasteiger partial charge is 0.371 e. The summed E-state index contributed by atoms with van der Waals surface area (Å²) in [5.41, 5.74) is 5.70. The maximum absolute atomic E-state index is 11.2. The fraction of sp³-hybridized carbons (Fsp3) is 0.190. The molecule has 0 aliphatic heterocycles. The highest BCUT2D eigenvalue weighted by Gasteiger charge is 2.15. The van der Waals surface area contributed by atoms with Crippen molar-refractivity contribution in [2.24, 2.45) is 0 Å². The van der Waals surface area contributed by atoms with Crippen LogP contribution in [0.3, 0.4) is 0 Å². The van der Waals surface area contributed by atoms with Gasteiger partial charge in [0, 0.05) is 17.7 Å². The number of hydrogen-bond donors (Lipinski definition) is 3. The highest BCUT2D eigenvalue weighted by Crippen LogP contribution is 2.30. The monoisotopic (exact) mass is 388 g/mol. The Morgan fingerprint density at radius 2 is 1.83 bits per heavy atom. The minimum Gasteiger partial charge on any atom is -0.475 e. The van der Waals surface area contributed by atoms with Crippen molar-refractivity contribution in [2.75, 3.05) is 0 Å². The van der Waals surface area contributed by atoms with E-state index in [0.717, 1.165) is 46.5 Å². The molecule has 0 saturated heterocycles. The molecular weight excluding hydrogens is 368 g/mol. The Balaban J connectivity index is 1.61. The lowest BCUT2D eigenvalue weighted by Gasteiger charge is -2.08. The Labute approximate surface area is 167 Å². The zero-order valence-electron chi connectivity index (χ0n) is 15.9. The van der Waals surface area contributed by atoms with Crippen LogP contribution in [-0.2, 0) is 12.8 Å². The topological polar surface area (TPSA) is 120 Å². The summed E-state index contributed by atoms with van der Waals surface area (Å²) in [5.74, 6) is -0.497. The number of aromatic carboxylic acids is 1. The van der Waals surface area contributed by atoms with E-state index in [-0.39, 0.29) is 5.82 Å². The third-order valence-electron chi connectivity index (χ3n) is 4.71. The van der Waals surface area contributed by atoms with Gasteiger partial charge in [0.2, 0.25) is 11.6 Å². The van der Waals surface area contributed by atoms with E-state index in [9.17, 15) is 9.90 Å². The molecule has 3 N–H and O–H groups in total. The highest BCUT2D eigenvalue weighted by atomic mass is 16.4. The van der Waals surface area contributed by atoms with Crippen LogP contribution in [0.5, 0.6) is 0 Å². The summed E-state index contributed by atoms with van der Waals surface area (Å²) in [6.07, 6.45) is 2.25. The number of aromatic amines is 2. The molecule has 29 heavy (non-hydrogen) atoms. The molecule has 0 saturated carbocycles. The van der Waals surface area contributed by atoms with E-state index in [1.54, 1.807) is 0 Å². The predicted octanol–water partition coefficient (Wildman–Crippen LogP) is 3.50. The Kier molecular flexibility index (Phi) is 5.15. The molecule has 0 bridgehead atoms. The quantitative estimate of drug-likeness (QED) is 0.446. The van der Waals surface area contributed by atoms with Gasteiger partial charge in [-0.2, -0.15) is 5.21 Å². The number of aryl methyl sites for hydroxylation is 1. The fourth-order valence-corrected chi connectivity index (χ4v) is 3.35. The second-order valence-electron chi connectivity index (χ2n) is 6.72. The summed E-state index contributed by atoms with van der Waals surface area (Å²) in [6, 6.07) is 16.1. The molecule has 4 rings (SSSR count). The molecule has 2 heterocycles. The maximum Gasteiger partial charge on any atom is 0.371 e. The molecule has 0 amide bonds. The van der Waals surface area contributed by atoms with Crippen molar-refractivity contribution in [1.82, 2.24) is 30.6 Å². The molecule has 146 valence electrons. The van der Waals surface area contributed by atoms with Gasteiger partial charge in [-0.05, 0) is 28.3 Å². The molecular formula is C21H20N6O2. The second kappa shape index (κ2) is 8.05. The highest BCUT2D eigenvalue weighted by molar-refractivity contribution is 5.83. The molecule has 8 heteroatoms. The van der Waals surface area contributed by atoms with Crippen LogP contribution in [0, 0.1) is 0 Å². The van der Waals surface area contributed by atoms with Crippen molar-refractivity contribution in [2.45, 2.75) is 26.2 Å². The molecule has 0 fully saturated rings. The standard InChI is InChI=1S/C21H20N6O2/c1-2-5-17-18(23-20(22-17)21(28)29)12-13-8-10-14(11-9-13)15-6-3-4-7-16(15)19-24-26-27-25-19/h3-4,6-11H,2,5,12H2,1H3,(H,22,23)(H,28,29)(H,24,25,26,27). The van der Waals surface area contributed by atoms with Crippen molar-refractivity contribution >= 4 is 5.97 Å². The van der Waals surface area contributed by atoms with Crippen LogP contribution < -0.4 is 0 Å². The van der Waals surface area contributed by atoms with E-state index < -0.39 is 5.97 Å². The van der Waals surface area contributed by atoms with E-state index in [2.05, 4.69) is 37.5 Å². The lowest BCUT2D eigenvalue weighted by Crippen LogP contribution is -1.99. The third-order valence-corrected chi connectivity index (χ3v) is 4.71. The van der Waals surface area contributed by atoms with Gasteiger partial charge in [-0.3, -0.25) is 0 Å². The largest absolute Gasteiger partial charge is 0.475 e. The SMILES string of the molecule is CCCc1nc(C(=O)O)[nH]c1Cc1ccc(-c2ccccc2-c2nn[nH]n2)cc1. The van der Waals surface area contributed by atoms with Crippen molar-refractivity contribution in [3.63, 3.8) is 0 Å². The van der Waals surface area contributed by atoms with Gasteiger partial charge in [-0.25, -0.2) is 9.78 Å². The van der Waals surface area contributed by atoms with Crippen LogP contribution in [0.2, 0.25) is 0 Å². The van der Waals surface area contributed by atoms with Crippen LogP contribution >= 0.6 is 0 Å². The number of hydrogen-bond acceptors (Lipinski definition) is 5. The lowest BCUT2D eigenvalue weighted by atomic mass is 9.97. The number of carboxylic acid groups (broad SMARTS) is 1. The van der Waals surface area contributed by atoms with Crippen molar-refractivity contribution < 1.29 is 9.90 Å². The number of tetrazole rings is 1. The number of rotatable bonds is 7. The van der Waals surface area contributed by atoms with Crippen molar-refractivity contribution in [3.8, 4) is 22.5 Å². The van der Waals surface area contributed by atoms with E-state index in [1.165, 1.54) is 0 Å². The summed E-state index contributed by atoms with van der Waals surface area (Å²) in [4.78, 5) is 18.4. The number of carbonyl (C=O) groups is 1. The van der Waals surface area contributed by atoms with Crippen LogP contribution in [-0.4, -0.2) is 41.7 Å². The molecule has 0 atom stereocenters.